The van der Waals surface area contributed by atoms with Crippen molar-refractivity contribution < 1.29 is 4.74 Å². The van der Waals surface area contributed by atoms with Crippen LogP contribution in [0.15, 0.2) is 12.1 Å². The topological polar surface area (TPSA) is 9.23 Å². The van der Waals surface area contributed by atoms with E-state index in [2.05, 4.69) is 55.8 Å². The highest BCUT2D eigenvalue weighted by molar-refractivity contribution is 9.09. The van der Waals surface area contributed by atoms with Gasteiger partial charge < -0.3 is 4.74 Å². The predicted octanol–water partition coefficient (Wildman–Crippen LogP) is 4.20. The van der Waals surface area contributed by atoms with Crippen molar-refractivity contribution in [1.29, 1.82) is 0 Å². The molecule has 0 aliphatic rings. The Bertz CT molecular complexity index is 345. The predicted molar refractivity (Wildman–Crippen MR) is 69.3 cm³/mol. The Kier molecular flexibility index (Phi) is 4.21. The van der Waals surface area contributed by atoms with Crippen LogP contribution in [0.2, 0.25) is 0 Å². The van der Waals surface area contributed by atoms with Crippen LogP contribution in [0.1, 0.15) is 36.5 Å². The third kappa shape index (κ3) is 2.75. The van der Waals surface area contributed by atoms with E-state index in [1.807, 2.05) is 0 Å². The largest absolute Gasteiger partial charge is 0.496 e. The summed E-state index contributed by atoms with van der Waals surface area (Å²) >= 11 is 3.64. The van der Waals surface area contributed by atoms with Crippen molar-refractivity contribution in [1.82, 2.24) is 0 Å². The highest BCUT2D eigenvalue weighted by Crippen LogP contribution is 2.31. The first-order valence-electron chi connectivity index (χ1n) is 5.26. The molecule has 84 valence electrons. The number of benzene rings is 1. The van der Waals surface area contributed by atoms with Gasteiger partial charge in [0.05, 0.1) is 7.11 Å². The fourth-order valence-corrected chi connectivity index (χ4v) is 2.05. The first-order valence-corrected chi connectivity index (χ1v) is 6.18. The smallest absolute Gasteiger partial charge is 0.122 e. The van der Waals surface area contributed by atoms with Crippen molar-refractivity contribution in [3.8, 4) is 5.75 Å². The van der Waals surface area contributed by atoms with E-state index in [0.717, 1.165) is 5.75 Å². The summed E-state index contributed by atoms with van der Waals surface area (Å²) in [5.74, 6) is 1.50. The van der Waals surface area contributed by atoms with Crippen LogP contribution in [0.5, 0.6) is 5.75 Å². The van der Waals surface area contributed by atoms with Crippen LogP contribution in [-0.2, 0) is 0 Å². The van der Waals surface area contributed by atoms with E-state index in [4.69, 9.17) is 4.74 Å². The van der Waals surface area contributed by atoms with Gasteiger partial charge in [-0.3, -0.25) is 0 Å². The van der Waals surface area contributed by atoms with Gasteiger partial charge in [0.25, 0.3) is 0 Å². The van der Waals surface area contributed by atoms with Crippen LogP contribution in [0.25, 0.3) is 0 Å². The molecule has 2 atom stereocenters. The molecule has 2 unspecified atom stereocenters. The molecule has 0 aliphatic carbocycles. The van der Waals surface area contributed by atoms with E-state index < -0.39 is 0 Å². The molecule has 0 saturated heterocycles. The van der Waals surface area contributed by atoms with Gasteiger partial charge in [-0.05, 0) is 42.5 Å². The maximum Gasteiger partial charge on any atom is 0.122 e. The van der Waals surface area contributed by atoms with Crippen molar-refractivity contribution in [3.05, 3.63) is 28.8 Å². The molecule has 0 aliphatic heterocycles. The van der Waals surface area contributed by atoms with Gasteiger partial charge in [0.15, 0.2) is 0 Å². The number of halogens is 1. The monoisotopic (exact) mass is 270 g/mol. The van der Waals surface area contributed by atoms with Gasteiger partial charge in [0.1, 0.15) is 5.75 Å². The Labute approximate surface area is 101 Å². The lowest BCUT2D eigenvalue weighted by molar-refractivity contribution is 0.411. The molecule has 0 bridgehead atoms. The Hall–Kier alpha value is -0.500. The molecule has 0 radical (unpaired) electrons. The average Bonchev–Trinajstić information content (AvgIpc) is 2.19. The molecule has 0 N–H and O–H groups in total. The molecule has 0 fully saturated rings. The van der Waals surface area contributed by atoms with E-state index in [-0.39, 0.29) is 0 Å². The van der Waals surface area contributed by atoms with Crippen molar-refractivity contribution >= 4 is 15.9 Å². The molecule has 2 heteroatoms. The highest BCUT2D eigenvalue weighted by Gasteiger charge is 2.15. The minimum atomic E-state index is 0.490. The summed E-state index contributed by atoms with van der Waals surface area (Å²) in [7, 11) is 1.72. The molecule has 0 spiro atoms. The lowest BCUT2D eigenvalue weighted by atomic mass is 9.92. The number of ether oxygens (including phenoxy) is 1. The lowest BCUT2D eigenvalue weighted by Gasteiger charge is -2.19. The molecule has 1 rings (SSSR count). The first-order chi connectivity index (χ1) is 6.97. The minimum absolute atomic E-state index is 0.490. The molecule has 1 aromatic rings. The Balaban J connectivity index is 3.15. The van der Waals surface area contributed by atoms with Gasteiger partial charge >= 0.3 is 0 Å². The number of alkyl halides is 1. The fraction of sp³-hybridized carbons (Fsp3) is 0.538. The van der Waals surface area contributed by atoms with Gasteiger partial charge in [-0.25, -0.2) is 0 Å². The number of hydrogen-bond acceptors (Lipinski definition) is 1. The third-order valence-corrected chi connectivity index (χ3v) is 3.76. The van der Waals surface area contributed by atoms with Gasteiger partial charge in [-0.2, -0.15) is 0 Å². The maximum atomic E-state index is 5.31. The molecule has 1 aromatic carbocycles. The van der Waals surface area contributed by atoms with Crippen molar-refractivity contribution in [2.45, 2.75) is 38.4 Å². The summed E-state index contributed by atoms with van der Waals surface area (Å²) in [5.41, 5.74) is 3.91. The average molecular weight is 271 g/mol. The molecule has 0 saturated carbocycles. The lowest BCUT2D eigenvalue weighted by Crippen LogP contribution is -2.07. The van der Waals surface area contributed by atoms with Crippen LogP contribution < -0.4 is 4.74 Å². The molecule has 15 heavy (non-hydrogen) atoms. The standard InChI is InChI=1S/C13H19BrO/c1-8-7-13(15-5)9(2)6-12(8)10(3)11(4)14/h6-7,10-11H,1-5H3. The normalized spacial score (nSPS) is 14.8. The Morgan fingerprint density at radius 1 is 1.13 bits per heavy atom. The SMILES string of the molecule is COc1cc(C)c(C(C)C(C)Br)cc1C. The summed E-state index contributed by atoms with van der Waals surface area (Å²) < 4.78 is 5.31. The second-order valence-corrected chi connectivity index (χ2v) is 5.59. The van der Waals surface area contributed by atoms with E-state index in [1.54, 1.807) is 7.11 Å². The van der Waals surface area contributed by atoms with Crippen molar-refractivity contribution in [2.24, 2.45) is 0 Å². The molecule has 0 amide bonds. The van der Waals surface area contributed by atoms with Crippen LogP contribution in [0, 0.1) is 13.8 Å². The minimum Gasteiger partial charge on any atom is -0.496 e. The molecule has 0 heterocycles. The van der Waals surface area contributed by atoms with Crippen molar-refractivity contribution in [3.63, 3.8) is 0 Å². The number of methoxy groups -OCH3 is 1. The maximum absolute atomic E-state index is 5.31. The Morgan fingerprint density at radius 3 is 2.20 bits per heavy atom. The zero-order chi connectivity index (χ0) is 11.6. The van der Waals surface area contributed by atoms with Crippen LogP contribution in [0.4, 0.5) is 0 Å². The van der Waals surface area contributed by atoms with E-state index in [0.29, 0.717) is 10.7 Å². The van der Waals surface area contributed by atoms with Gasteiger partial charge in [-0.1, -0.05) is 35.8 Å². The number of aryl methyl sites for hydroxylation is 2. The summed E-state index contributed by atoms with van der Waals surface area (Å²) in [6.07, 6.45) is 0. The van der Waals surface area contributed by atoms with Gasteiger partial charge in [0.2, 0.25) is 0 Å². The second kappa shape index (κ2) is 5.02. The van der Waals surface area contributed by atoms with Gasteiger partial charge in [0, 0.05) is 4.83 Å². The van der Waals surface area contributed by atoms with Crippen molar-refractivity contribution in [2.75, 3.05) is 7.11 Å². The van der Waals surface area contributed by atoms with Gasteiger partial charge in [-0.15, -0.1) is 0 Å². The molecule has 1 nitrogen and oxygen atoms in total. The Morgan fingerprint density at radius 2 is 1.73 bits per heavy atom. The molecular formula is C13H19BrO. The summed E-state index contributed by atoms with van der Waals surface area (Å²) in [4.78, 5) is 0.490. The number of rotatable bonds is 3. The first kappa shape index (κ1) is 12.6. The summed E-state index contributed by atoms with van der Waals surface area (Å²) in [6.45, 7) is 8.66. The van der Waals surface area contributed by atoms with E-state index >= 15 is 0 Å². The van der Waals surface area contributed by atoms with Crippen LogP contribution in [0.3, 0.4) is 0 Å². The second-order valence-electron chi connectivity index (χ2n) is 4.14. The zero-order valence-electron chi connectivity index (χ0n) is 10.1. The summed E-state index contributed by atoms with van der Waals surface area (Å²) in [5, 5.41) is 0. The molecular weight excluding hydrogens is 252 g/mol. The quantitative estimate of drug-likeness (QED) is 0.749. The highest BCUT2D eigenvalue weighted by atomic mass is 79.9. The zero-order valence-corrected chi connectivity index (χ0v) is 11.7. The summed E-state index contributed by atoms with van der Waals surface area (Å²) in [6, 6.07) is 4.35. The number of hydrogen-bond donors (Lipinski definition) is 0. The third-order valence-electron chi connectivity index (χ3n) is 2.96. The van der Waals surface area contributed by atoms with E-state index in [1.165, 1.54) is 16.7 Å². The van der Waals surface area contributed by atoms with Crippen LogP contribution >= 0.6 is 15.9 Å². The van der Waals surface area contributed by atoms with E-state index in [9.17, 15) is 0 Å². The molecule has 0 aromatic heterocycles. The fourth-order valence-electron chi connectivity index (χ4n) is 1.77. The van der Waals surface area contributed by atoms with Crippen LogP contribution in [-0.4, -0.2) is 11.9 Å².